The molecule has 2 aliphatic rings. The molecule has 10 rings (SSSR count). The summed E-state index contributed by atoms with van der Waals surface area (Å²) in [7, 11) is 0. The lowest BCUT2D eigenvalue weighted by Crippen LogP contribution is -2.04. The molecule has 0 spiro atoms. The lowest BCUT2D eigenvalue weighted by atomic mass is 9.82. The Morgan fingerprint density at radius 1 is 0.620 bits per heavy atom. The third kappa shape index (κ3) is 4.92. The van der Waals surface area contributed by atoms with Gasteiger partial charge in [0, 0.05) is 36.9 Å². The molecule has 5 aromatic carbocycles. The molecular weight excluding hydrogens is 625 g/mol. The first-order valence-electron chi connectivity index (χ1n) is 17.6. The molecule has 3 heterocycles. The summed E-state index contributed by atoms with van der Waals surface area (Å²) in [5.74, 6) is 0.446. The van der Waals surface area contributed by atoms with Gasteiger partial charge in [-0.05, 0) is 88.1 Å². The smallest absolute Gasteiger partial charge is 0.0972 e. The molecule has 0 bridgehead atoms. The second-order valence-electron chi connectivity index (χ2n) is 13.7. The predicted octanol–water partition coefficient (Wildman–Crippen LogP) is 13.0. The number of aromatic nitrogens is 2. The van der Waals surface area contributed by atoms with Gasteiger partial charge in [0.1, 0.15) is 0 Å². The zero-order valence-corrected chi connectivity index (χ0v) is 28.7. The van der Waals surface area contributed by atoms with Crippen molar-refractivity contribution in [2.45, 2.75) is 26.2 Å². The Balaban J connectivity index is 0.979. The lowest BCUT2D eigenvalue weighted by Gasteiger charge is -2.23. The van der Waals surface area contributed by atoms with Gasteiger partial charge in [-0.25, -0.2) is 9.97 Å². The van der Waals surface area contributed by atoms with Crippen molar-refractivity contribution in [1.29, 1.82) is 0 Å². The van der Waals surface area contributed by atoms with E-state index in [1.54, 1.807) is 0 Å². The van der Waals surface area contributed by atoms with Crippen LogP contribution in [0.1, 0.15) is 41.3 Å². The number of rotatable bonds is 4. The van der Waals surface area contributed by atoms with Gasteiger partial charge in [-0.2, -0.15) is 0 Å². The number of hydrogen-bond donors (Lipinski definition) is 0. The molecule has 50 heavy (non-hydrogen) atoms. The molecule has 3 aromatic heterocycles. The minimum atomic E-state index is 0.446. The second kappa shape index (κ2) is 11.8. The Morgan fingerprint density at radius 2 is 1.30 bits per heavy atom. The third-order valence-corrected chi connectivity index (χ3v) is 11.9. The highest BCUT2D eigenvalue weighted by molar-refractivity contribution is 7.19. The van der Waals surface area contributed by atoms with E-state index in [0.717, 1.165) is 63.6 Å². The first kappa shape index (κ1) is 29.3. The van der Waals surface area contributed by atoms with E-state index in [1.807, 2.05) is 17.4 Å². The average molecular weight is 659 g/mol. The Bertz CT molecular complexity index is 2750. The van der Waals surface area contributed by atoms with Crippen LogP contribution in [-0.2, 0) is 6.42 Å². The highest BCUT2D eigenvalue weighted by Crippen LogP contribution is 2.44. The normalized spacial score (nSPS) is 15.8. The van der Waals surface area contributed by atoms with Crippen LogP contribution in [0.5, 0.6) is 0 Å². The highest BCUT2D eigenvalue weighted by Gasteiger charge is 2.22. The van der Waals surface area contributed by atoms with Crippen LogP contribution in [0, 0.1) is 5.92 Å². The quantitative estimate of drug-likeness (QED) is 0.176. The average Bonchev–Trinajstić information content (AvgIpc) is 3.56. The van der Waals surface area contributed by atoms with Crippen LogP contribution in [0.3, 0.4) is 0 Å². The summed E-state index contributed by atoms with van der Waals surface area (Å²) in [5, 5.41) is 6.08. The molecule has 0 amide bonds. The molecule has 0 saturated heterocycles. The van der Waals surface area contributed by atoms with Crippen LogP contribution < -0.4 is 0 Å². The lowest BCUT2D eigenvalue weighted by molar-refractivity contribution is 0.772. The van der Waals surface area contributed by atoms with Crippen LogP contribution in [0.4, 0.5) is 0 Å². The maximum Gasteiger partial charge on any atom is 0.0972 e. The first-order chi connectivity index (χ1) is 24.7. The zero-order chi connectivity index (χ0) is 33.2. The number of fused-ring (bicyclic) bond motifs is 7. The molecule has 2 aliphatic carbocycles. The Kier molecular flexibility index (Phi) is 6.89. The summed E-state index contributed by atoms with van der Waals surface area (Å²) < 4.78 is 1.45. The van der Waals surface area contributed by atoms with Crippen molar-refractivity contribution in [2.75, 3.05) is 0 Å². The summed E-state index contributed by atoms with van der Waals surface area (Å²) >= 11 is 2.00. The van der Waals surface area contributed by atoms with E-state index < -0.39 is 0 Å². The Hall–Kier alpha value is -5.64. The molecule has 0 fully saturated rings. The van der Waals surface area contributed by atoms with Crippen molar-refractivity contribution in [3.8, 4) is 22.5 Å². The fourth-order valence-corrected chi connectivity index (χ4v) is 9.27. The zero-order valence-electron chi connectivity index (χ0n) is 27.9. The SMILES string of the molecule is CC1CC(c2ccc3cc(-c4ccc5ccc6ccc(-c7ccccc7)nc6c5n4)ccc3c2)=CC=C1c1cccc2c3c(sc12)CCC=C3. The predicted molar refractivity (Wildman–Crippen MR) is 214 cm³/mol. The van der Waals surface area contributed by atoms with Gasteiger partial charge in [0.15, 0.2) is 0 Å². The van der Waals surface area contributed by atoms with E-state index in [-0.39, 0.29) is 0 Å². The van der Waals surface area contributed by atoms with E-state index in [4.69, 9.17) is 9.97 Å². The number of aryl methyl sites for hydroxylation is 1. The number of hydrogen-bond acceptors (Lipinski definition) is 3. The van der Waals surface area contributed by atoms with Crippen LogP contribution >= 0.6 is 11.3 Å². The maximum absolute atomic E-state index is 5.20. The van der Waals surface area contributed by atoms with Crippen molar-refractivity contribution >= 4 is 71.2 Å². The minimum absolute atomic E-state index is 0.446. The number of thiophene rings is 1. The molecule has 1 atom stereocenters. The standard InChI is InChI=1S/C47H34N2S/c1-29-26-33(20-23-38(29)40-11-7-12-41-39-10-5-6-13-44(39)50-47(40)41)34-16-17-36-28-37(19-18-35(36)27-34)43-25-22-32-15-14-31-21-24-42(30-8-3-2-4-9-30)48-45(31)46(32)49-43/h2-5,7-12,14-25,27-29H,6,13,26H2,1H3. The van der Waals surface area contributed by atoms with Crippen molar-refractivity contribution < 1.29 is 0 Å². The summed E-state index contributed by atoms with van der Waals surface area (Å²) in [6.45, 7) is 2.39. The van der Waals surface area contributed by atoms with E-state index >= 15 is 0 Å². The number of pyridine rings is 2. The molecular formula is C47H34N2S. The molecule has 0 N–H and O–H groups in total. The van der Waals surface area contributed by atoms with Crippen molar-refractivity contribution in [2.24, 2.45) is 5.92 Å². The van der Waals surface area contributed by atoms with E-state index in [9.17, 15) is 0 Å². The summed E-state index contributed by atoms with van der Waals surface area (Å²) in [6, 6.07) is 43.7. The van der Waals surface area contributed by atoms with Gasteiger partial charge < -0.3 is 0 Å². The summed E-state index contributed by atoms with van der Waals surface area (Å²) in [4.78, 5) is 11.8. The van der Waals surface area contributed by atoms with Gasteiger partial charge in [-0.1, -0.05) is 128 Å². The summed E-state index contributed by atoms with van der Waals surface area (Å²) in [5.41, 5.74) is 13.0. The van der Waals surface area contributed by atoms with Crippen LogP contribution in [0.2, 0.25) is 0 Å². The van der Waals surface area contributed by atoms with Crippen molar-refractivity contribution in [3.63, 3.8) is 0 Å². The largest absolute Gasteiger partial charge is 0.245 e. The second-order valence-corrected chi connectivity index (χ2v) is 14.8. The summed E-state index contributed by atoms with van der Waals surface area (Å²) in [6.07, 6.45) is 12.7. The van der Waals surface area contributed by atoms with Crippen LogP contribution in [0.25, 0.3) is 82.4 Å². The maximum atomic E-state index is 5.20. The van der Waals surface area contributed by atoms with E-state index in [0.29, 0.717) is 5.92 Å². The third-order valence-electron chi connectivity index (χ3n) is 10.6. The molecule has 8 aromatic rings. The van der Waals surface area contributed by atoms with Gasteiger partial charge in [0.25, 0.3) is 0 Å². The molecule has 0 radical (unpaired) electrons. The van der Waals surface area contributed by atoms with Crippen LogP contribution in [0.15, 0.2) is 140 Å². The van der Waals surface area contributed by atoms with Gasteiger partial charge in [0.2, 0.25) is 0 Å². The van der Waals surface area contributed by atoms with Gasteiger partial charge in [-0.15, -0.1) is 11.3 Å². The van der Waals surface area contributed by atoms with E-state index in [2.05, 4.69) is 146 Å². The number of allylic oxidation sites excluding steroid dienone is 5. The highest BCUT2D eigenvalue weighted by atomic mass is 32.1. The van der Waals surface area contributed by atoms with Gasteiger partial charge >= 0.3 is 0 Å². The Labute approximate surface area is 295 Å². The fourth-order valence-electron chi connectivity index (χ4n) is 7.93. The molecule has 1 unspecified atom stereocenters. The number of benzene rings is 5. The minimum Gasteiger partial charge on any atom is -0.245 e. The van der Waals surface area contributed by atoms with Crippen LogP contribution in [-0.4, -0.2) is 9.97 Å². The van der Waals surface area contributed by atoms with Gasteiger partial charge in [0.05, 0.1) is 22.4 Å². The molecule has 0 aliphatic heterocycles. The topological polar surface area (TPSA) is 25.8 Å². The van der Waals surface area contributed by atoms with E-state index in [1.165, 1.54) is 53.6 Å². The molecule has 0 saturated carbocycles. The fraction of sp³-hybridized carbons (Fsp3) is 0.106. The van der Waals surface area contributed by atoms with Gasteiger partial charge in [-0.3, -0.25) is 0 Å². The molecule has 238 valence electrons. The number of nitrogens with zero attached hydrogens (tertiary/aromatic N) is 2. The monoisotopic (exact) mass is 658 g/mol. The molecule has 3 heteroatoms. The van der Waals surface area contributed by atoms with Crippen molar-refractivity contribution in [3.05, 3.63) is 161 Å². The first-order valence-corrected chi connectivity index (χ1v) is 18.4. The Morgan fingerprint density at radius 3 is 2.06 bits per heavy atom. The van der Waals surface area contributed by atoms with Crippen molar-refractivity contribution in [1.82, 2.24) is 9.97 Å². The molecule has 2 nitrogen and oxygen atoms in total.